The number of rotatable bonds is 6. The lowest BCUT2D eigenvalue weighted by Crippen LogP contribution is -2.51. The van der Waals surface area contributed by atoms with Crippen molar-refractivity contribution < 1.29 is 24.0 Å². The molecule has 4 fully saturated rings. The quantitative estimate of drug-likeness (QED) is 0.430. The fraction of sp³-hybridized carbons (Fsp3) is 0.600. The van der Waals surface area contributed by atoms with E-state index in [0.717, 1.165) is 25.3 Å². The molecule has 0 aliphatic heterocycles. The maximum atomic E-state index is 12.9. The molecule has 0 saturated heterocycles. The molecule has 4 bridgehead atoms. The number of benzene rings is 1. The summed E-state index contributed by atoms with van der Waals surface area (Å²) in [4.78, 5) is 35.7. The van der Waals surface area contributed by atoms with Crippen molar-refractivity contribution >= 4 is 17.4 Å². The average Bonchev–Trinajstić information content (AvgIpc) is 2.64. The van der Waals surface area contributed by atoms with Gasteiger partial charge in [0.15, 0.2) is 18.1 Å². The van der Waals surface area contributed by atoms with Crippen molar-refractivity contribution in [3.8, 4) is 5.75 Å². The summed E-state index contributed by atoms with van der Waals surface area (Å²) in [6.07, 6.45) is 6.47. The molecule has 4 aliphatic rings. The number of methoxy groups -OCH3 is 1. The van der Waals surface area contributed by atoms with Crippen molar-refractivity contribution in [3.63, 3.8) is 0 Å². The molecule has 0 spiro atoms. The zero-order valence-corrected chi connectivity index (χ0v) is 15.3. The summed E-state index contributed by atoms with van der Waals surface area (Å²) in [5.41, 5.74) is -0.582. The third-order valence-electron chi connectivity index (χ3n) is 6.58. The topological polar surface area (TPSA) is 95.7 Å². The van der Waals surface area contributed by atoms with Gasteiger partial charge in [-0.3, -0.25) is 14.9 Å². The Balaban J connectivity index is 1.43. The van der Waals surface area contributed by atoms with E-state index in [9.17, 15) is 19.7 Å². The number of Topliss-reactive ketones (excluding diaryl/α,β-unsaturated/α-hetero) is 1. The van der Waals surface area contributed by atoms with Crippen LogP contribution in [-0.2, 0) is 9.53 Å². The SMILES string of the molecule is COc1ccc(C(=O)OCC(=O)C23CC4CC(CC(C4)C2)C3)cc1[N+](=O)[O-]. The van der Waals surface area contributed by atoms with Gasteiger partial charge in [0.25, 0.3) is 0 Å². The third-order valence-corrected chi connectivity index (χ3v) is 6.58. The van der Waals surface area contributed by atoms with Crippen LogP contribution in [0.3, 0.4) is 0 Å². The number of esters is 1. The number of carbonyl (C=O) groups is 2. The molecular weight excluding hydrogens is 350 g/mol. The second-order valence-electron chi connectivity index (χ2n) is 8.34. The van der Waals surface area contributed by atoms with Gasteiger partial charge in [0.2, 0.25) is 0 Å². The average molecular weight is 373 g/mol. The first-order chi connectivity index (χ1) is 12.9. The highest BCUT2D eigenvalue weighted by Gasteiger charge is 2.54. The Hall–Kier alpha value is -2.44. The van der Waals surface area contributed by atoms with Gasteiger partial charge in [-0.15, -0.1) is 0 Å². The van der Waals surface area contributed by atoms with Crippen molar-refractivity contribution in [2.75, 3.05) is 13.7 Å². The molecule has 7 nitrogen and oxygen atoms in total. The molecule has 7 heteroatoms. The van der Waals surface area contributed by atoms with Gasteiger partial charge in [-0.25, -0.2) is 4.79 Å². The number of hydrogen-bond donors (Lipinski definition) is 0. The highest BCUT2D eigenvalue weighted by atomic mass is 16.6. The van der Waals surface area contributed by atoms with Crippen molar-refractivity contribution in [1.82, 2.24) is 0 Å². The van der Waals surface area contributed by atoms with E-state index in [4.69, 9.17) is 9.47 Å². The molecule has 27 heavy (non-hydrogen) atoms. The fourth-order valence-corrected chi connectivity index (χ4v) is 5.78. The van der Waals surface area contributed by atoms with Gasteiger partial charge >= 0.3 is 11.7 Å². The van der Waals surface area contributed by atoms with Gasteiger partial charge in [-0.05, 0) is 68.4 Å². The van der Waals surface area contributed by atoms with E-state index in [2.05, 4.69) is 0 Å². The summed E-state index contributed by atoms with van der Waals surface area (Å²) in [5.74, 6) is 1.28. The maximum absolute atomic E-state index is 12.9. The van der Waals surface area contributed by atoms with Crippen molar-refractivity contribution in [1.29, 1.82) is 0 Å². The Bertz CT molecular complexity index is 766. The largest absolute Gasteiger partial charge is 0.490 e. The molecule has 0 N–H and O–H groups in total. The van der Waals surface area contributed by atoms with E-state index < -0.39 is 10.9 Å². The summed E-state index contributed by atoms with van der Waals surface area (Å²) < 4.78 is 10.2. The summed E-state index contributed by atoms with van der Waals surface area (Å²) in [6.45, 7) is -0.259. The van der Waals surface area contributed by atoms with Crippen LogP contribution in [0, 0.1) is 33.3 Å². The van der Waals surface area contributed by atoms with E-state index >= 15 is 0 Å². The van der Waals surface area contributed by atoms with E-state index in [1.165, 1.54) is 38.5 Å². The normalized spacial score (nSPS) is 30.8. The highest BCUT2D eigenvalue weighted by molar-refractivity contribution is 5.94. The molecule has 1 aromatic carbocycles. The van der Waals surface area contributed by atoms with E-state index in [0.29, 0.717) is 17.8 Å². The number of nitrogens with zero attached hydrogens (tertiary/aromatic N) is 1. The minimum Gasteiger partial charge on any atom is -0.490 e. The smallest absolute Gasteiger partial charge is 0.338 e. The van der Waals surface area contributed by atoms with Gasteiger partial charge in [-0.2, -0.15) is 0 Å². The predicted molar refractivity (Wildman–Crippen MR) is 95.5 cm³/mol. The van der Waals surface area contributed by atoms with E-state index in [1.54, 1.807) is 0 Å². The molecule has 4 saturated carbocycles. The Morgan fingerprint density at radius 1 is 1.15 bits per heavy atom. The van der Waals surface area contributed by atoms with Crippen LogP contribution in [0.5, 0.6) is 5.75 Å². The first-order valence-electron chi connectivity index (χ1n) is 9.43. The van der Waals surface area contributed by atoms with Gasteiger partial charge in [0.1, 0.15) is 0 Å². The number of nitro benzene ring substituents is 1. The lowest BCUT2D eigenvalue weighted by Gasteiger charge is -2.55. The minimum absolute atomic E-state index is 0.0120. The molecule has 0 amide bonds. The Kier molecular flexibility index (Phi) is 4.40. The molecule has 0 heterocycles. The Morgan fingerprint density at radius 2 is 1.74 bits per heavy atom. The summed E-state index contributed by atoms with van der Waals surface area (Å²) in [5, 5.41) is 11.1. The van der Waals surface area contributed by atoms with E-state index in [1.807, 2.05) is 0 Å². The van der Waals surface area contributed by atoms with Crippen LogP contribution in [0.4, 0.5) is 5.69 Å². The van der Waals surface area contributed by atoms with Crippen molar-refractivity contribution in [2.45, 2.75) is 38.5 Å². The molecule has 0 unspecified atom stereocenters. The lowest BCUT2D eigenvalue weighted by atomic mass is 9.48. The van der Waals surface area contributed by atoms with E-state index in [-0.39, 0.29) is 34.8 Å². The monoisotopic (exact) mass is 373 g/mol. The molecule has 0 aromatic heterocycles. The zero-order valence-electron chi connectivity index (χ0n) is 15.3. The second kappa shape index (κ2) is 6.62. The van der Waals surface area contributed by atoms with Gasteiger partial charge in [0, 0.05) is 11.5 Å². The minimum atomic E-state index is -0.723. The van der Waals surface area contributed by atoms with Crippen LogP contribution in [0.1, 0.15) is 48.9 Å². The Morgan fingerprint density at radius 3 is 2.26 bits per heavy atom. The van der Waals surface area contributed by atoms with Crippen LogP contribution >= 0.6 is 0 Å². The zero-order chi connectivity index (χ0) is 19.2. The maximum Gasteiger partial charge on any atom is 0.338 e. The number of carbonyl (C=O) groups excluding carboxylic acids is 2. The number of nitro groups is 1. The Labute approximate surface area is 157 Å². The van der Waals surface area contributed by atoms with Crippen LogP contribution in [0.15, 0.2) is 18.2 Å². The van der Waals surface area contributed by atoms with Crippen LogP contribution in [0.2, 0.25) is 0 Å². The predicted octanol–water partition coefficient (Wildman–Crippen LogP) is 3.55. The highest BCUT2D eigenvalue weighted by Crippen LogP contribution is 2.60. The fourth-order valence-electron chi connectivity index (χ4n) is 5.78. The first-order valence-corrected chi connectivity index (χ1v) is 9.43. The molecule has 5 rings (SSSR count). The summed E-state index contributed by atoms with van der Waals surface area (Å²) in [7, 11) is 1.32. The van der Waals surface area contributed by atoms with Gasteiger partial charge < -0.3 is 9.47 Å². The molecule has 144 valence electrons. The number of ether oxygens (including phenoxy) is 2. The molecule has 0 radical (unpaired) electrons. The van der Waals surface area contributed by atoms with Gasteiger partial charge in [-0.1, -0.05) is 0 Å². The van der Waals surface area contributed by atoms with Crippen LogP contribution < -0.4 is 4.74 Å². The molecule has 0 atom stereocenters. The van der Waals surface area contributed by atoms with Gasteiger partial charge in [0.05, 0.1) is 17.6 Å². The summed E-state index contributed by atoms with van der Waals surface area (Å²) >= 11 is 0. The standard InChI is InChI=1S/C20H23NO6/c1-26-17-3-2-15(7-16(17)21(24)25)19(23)27-11-18(22)20-8-12-4-13(9-20)6-14(5-12)10-20/h2-3,7,12-14H,4-6,8-11H2,1H3. The first kappa shape index (κ1) is 17.9. The van der Waals surface area contributed by atoms with Crippen molar-refractivity contribution in [3.05, 3.63) is 33.9 Å². The number of ketones is 1. The lowest BCUT2D eigenvalue weighted by molar-refractivity contribution is -0.385. The number of hydrogen-bond acceptors (Lipinski definition) is 6. The molecule has 1 aromatic rings. The third kappa shape index (κ3) is 3.19. The van der Waals surface area contributed by atoms with Crippen LogP contribution in [-0.4, -0.2) is 30.4 Å². The molecule has 4 aliphatic carbocycles. The second-order valence-corrected chi connectivity index (χ2v) is 8.34. The van der Waals surface area contributed by atoms with Crippen LogP contribution in [0.25, 0.3) is 0 Å². The van der Waals surface area contributed by atoms with Crippen molar-refractivity contribution in [2.24, 2.45) is 23.2 Å². The summed E-state index contributed by atoms with van der Waals surface area (Å²) in [6, 6.07) is 3.88. The molecular formula is C20H23NO6.